The molecule has 9 N–H and O–H groups in total. The molecule has 0 spiro atoms. The van der Waals surface area contributed by atoms with Crippen LogP contribution in [0.3, 0.4) is 0 Å². The molecule has 0 saturated carbocycles. The third-order valence-corrected chi connectivity index (χ3v) is 8.59. The van der Waals surface area contributed by atoms with Crippen LogP contribution in [0.5, 0.6) is 5.75 Å². The number of benzene rings is 3. The number of nitrogens with one attached hydrogen (secondary N) is 4. The molecule has 5 atom stereocenters. The Labute approximate surface area is 286 Å². The normalized spacial score (nSPS) is 21.8. The van der Waals surface area contributed by atoms with E-state index in [0.29, 0.717) is 32.1 Å². The molecule has 0 bridgehead atoms. The lowest BCUT2D eigenvalue weighted by Crippen LogP contribution is -2.59. The summed E-state index contributed by atoms with van der Waals surface area (Å²) in [6.45, 7) is 0. The first-order valence-corrected chi connectivity index (χ1v) is 16.7. The van der Waals surface area contributed by atoms with Crippen LogP contribution in [0.15, 0.2) is 84.9 Å². The summed E-state index contributed by atoms with van der Waals surface area (Å²) in [5.41, 5.74) is 14.2. The highest BCUT2D eigenvalue weighted by atomic mass is 16.3. The van der Waals surface area contributed by atoms with E-state index in [0.717, 1.165) is 16.7 Å². The first kappa shape index (κ1) is 36.6. The predicted octanol–water partition coefficient (Wildman–Crippen LogP) is 1.53. The Kier molecular flexibility index (Phi) is 13.7. The van der Waals surface area contributed by atoms with E-state index in [9.17, 15) is 29.1 Å². The fourth-order valence-corrected chi connectivity index (χ4v) is 5.80. The standard InChI is InChI=1S/C37H46N6O6/c38-28(21-26-17-19-27(44)20-18-26)34(46)41-30-16-10-2-1-9-15-29(33(39)45)40-36(48)31(22-24-11-5-3-6-12-24)43-37(49)32(42-35(30)47)23-25-13-7-4-8-14-25/h3-8,11-14,17-20,28-32,44H,1-2,9-10,15-16,21-23,38H2,(H2,39,45)(H,40,48)(H,41,46)(H,42,47)(H,43,49)/t28-,29?,30?,31-,32-/m0/s1. The van der Waals surface area contributed by atoms with Gasteiger partial charge in [-0.05, 0) is 48.1 Å². The van der Waals surface area contributed by atoms with Crippen molar-refractivity contribution < 1.29 is 29.1 Å². The maximum Gasteiger partial charge on any atom is 0.243 e. The molecule has 12 heteroatoms. The fraction of sp³-hybridized carbons (Fsp3) is 0.378. The Balaban J connectivity index is 1.59. The summed E-state index contributed by atoms with van der Waals surface area (Å²) in [6, 6.07) is 19.5. The lowest BCUT2D eigenvalue weighted by molar-refractivity contribution is -0.134. The summed E-state index contributed by atoms with van der Waals surface area (Å²) in [5, 5.41) is 20.7. The molecule has 0 radical (unpaired) electrons. The van der Waals surface area contributed by atoms with Gasteiger partial charge in [0.05, 0.1) is 6.04 Å². The monoisotopic (exact) mass is 670 g/mol. The van der Waals surface area contributed by atoms with Gasteiger partial charge >= 0.3 is 0 Å². The van der Waals surface area contributed by atoms with E-state index in [2.05, 4.69) is 21.3 Å². The van der Waals surface area contributed by atoms with Crippen molar-refractivity contribution in [1.82, 2.24) is 21.3 Å². The second-order valence-electron chi connectivity index (χ2n) is 12.5. The summed E-state index contributed by atoms with van der Waals surface area (Å²) in [4.78, 5) is 67.0. The first-order valence-electron chi connectivity index (χ1n) is 16.7. The molecule has 0 aliphatic carbocycles. The zero-order chi connectivity index (χ0) is 35.2. The minimum Gasteiger partial charge on any atom is -0.508 e. The summed E-state index contributed by atoms with van der Waals surface area (Å²) in [5.74, 6) is -2.83. The fourth-order valence-electron chi connectivity index (χ4n) is 5.80. The van der Waals surface area contributed by atoms with Crippen LogP contribution in [0, 0.1) is 0 Å². The van der Waals surface area contributed by atoms with Crippen LogP contribution in [-0.4, -0.2) is 64.9 Å². The second kappa shape index (κ2) is 18.3. The Morgan fingerprint density at radius 1 is 0.694 bits per heavy atom. The van der Waals surface area contributed by atoms with E-state index in [1.165, 1.54) is 12.1 Å². The molecule has 260 valence electrons. The van der Waals surface area contributed by atoms with Gasteiger partial charge in [-0.15, -0.1) is 0 Å². The van der Waals surface area contributed by atoms with Crippen molar-refractivity contribution in [2.24, 2.45) is 11.5 Å². The van der Waals surface area contributed by atoms with E-state index in [1.807, 2.05) is 60.7 Å². The molecule has 1 aliphatic heterocycles. The summed E-state index contributed by atoms with van der Waals surface area (Å²) < 4.78 is 0. The van der Waals surface area contributed by atoms with E-state index >= 15 is 0 Å². The van der Waals surface area contributed by atoms with Gasteiger partial charge in [-0.25, -0.2) is 0 Å². The first-order chi connectivity index (χ1) is 23.6. The van der Waals surface area contributed by atoms with Gasteiger partial charge in [0.2, 0.25) is 29.5 Å². The van der Waals surface area contributed by atoms with Gasteiger partial charge in [0.15, 0.2) is 0 Å². The van der Waals surface area contributed by atoms with Gasteiger partial charge in [-0.1, -0.05) is 98.5 Å². The third kappa shape index (κ3) is 11.8. The molecule has 3 aromatic rings. The molecule has 1 heterocycles. The van der Waals surface area contributed by atoms with Crippen LogP contribution in [0.2, 0.25) is 0 Å². The van der Waals surface area contributed by atoms with Crippen molar-refractivity contribution in [3.05, 3.63) is 102 Å². The number of rotatable bonds is 9. The second-order valence-corrected chi connectivity index (χ2v) is 12.5. The highest BCUT2D eigenvalue weighted by Crippen LogP contribution is 2.14. The highest BCUT2D eigenvalue weighted by Gasteiger charge is 2.32. The maximum absolute atomic E-state index is 14.0. The molecule has 1 saturated heterocycles. The number of amides is 5. The molecule has 4 rings (SSSR count). The molecular formula is C37H46N6O6. The van der Waals surface area contributed by atoms with Gasteiger partial charge in [0.1, 0.15) is 29.9 Å². The number of phenols is 1. The van der Waals surface area contributed by atoms with E-state index < -0.39 is 59.7 Å². The quantitative estimate of drug-likeness (QED) is 0.179. The Morgan fingerprint density at radius 3 is 1.76 bits per heavy atom. The Bertz CT molecular complexity index is 1550. The van der Waals surface area contributed by atoms with E-state index in [-0.39, 0.29) is 31.4 Å². The average Bonchev–Trinajstić information content (AvgIpc) is 3.09. The SMILES string of the molecule is NC(=O)C1CCCCCCC(NC(=O)[C@@H](N)Cc2ccc(O)cc2)C(=O)N[C@@H](Cc2ccccc2)C(=O)N[C@@H](Cc2ccccc2)C(=O)N1. The molecule has 1 aliphatic rings. The maximum atomic E-state index is 14.0. The van der Waals surface area contributed by atoms with E-state index in [1.54, 1.807) is 12.1 Å². The van der Waals surface area contributed by atoms with Crippen LogP contribution < -0.4 is 32.7 Å². The topological polar surface area (TPSA) is 206 Å². The zero-order valence-electron chi connectivity index (χ0n) is 27.5. The van der Waals surface area contributed by atoms with Crippen LogP contribution in [-0.2, 0) is 43.2 Å². The van der Waals surface area contributed by atoms with Gasteiger partial charge in [-0.2, -0.15) is 0 Å². The molecule has 0 aromatic heterocycles. The average molecular weight is 671 g/mol. The van der Waals surface area contributed by atoms with Gasteiger partial charge in [-0.3, -0.25) is 24.0 Å². The van der Waals surface area contributed by atoms with Gasteiger partial charge in [0.25, 0.3) is 0 Å². The summed E-state index contributed by atoms with van der Waals surface area (Å²) in [7, 11) is 0. The van der Waals surface area contributed by atoms with Crippen molar-refractivity contribution in [2.75, 3.05) is 0 Å². The smallest absolute Gasteiger partial charge is 0.243 e. The van der Waals surface area contributed by atoms with Crippen LogP contribution in [0.4, 0.5) is 0 Å². The molecular weight excluding hydrogens is 624 g/mol. The highest BCUT2D eigenvalue weighted by molar-refractivity contribution is 5.96. The number of primary amides is 1. The van der Waals surface area contributed by atoms with Crippen molar-refractivity contribution in [3.8, 4) is 5.75 Å². The predicted molar refractivity (Wildman–Crippen MR) is 185 cm³/mol. The number of carbonyl (C=O) groups is 5. The van der Waals surface area contributed by atoms with Crippen molar-refractivity contribution >= 4 is 29.5 Å². The van der Waals surface area contributed by atoms with E-state index in [4.69, 9.17) is 11.5 Å². The molecule has 49 heavy (non-hydrogen) atoms. The molecule has 12 nitrogen and oxygen atoms in total. The minimum atomic E-state index is -1.11. The number of nitrogens with two attached hydrogens (primary N) is 2. The molecule has 2 unspecified atom stereocenters. The molecule has 3 aromatic carbocycles. The van der Waals surface area contributed by atoms with Crippen molar-refractivity contribution in [3.63, 3.8) is 0 Å². The molecule has 5 amide bonds. The minimum absolute atomic E-state index is 0.0933. The number of phenolic OH excluding ortho intramolecular Hbond substituents is 1. The Morgan fingerprint density at radius 2 is 1.20 bits per heavy atom. The third-order valence-electron chi connectivity index (χ3n) is 8.59. The Hall–Kier alpha value is -5.23. The lowest BCUT2D eigenvalue weighted by Gasteiger charge is -2.27. The number of carbonyl (C=O) groups excluding carboxylic acids is 5. The van der Waals surface area contributed by atoms with Crippen molar-refractivity contribution in [1.29, 1.82) is 0 Å². The van der Waals surface area contributed by atoms with Gasteiger partial charge in [0, 0.05) is 12.8 Å². The van der Waals surface area contributed by atoms with Crippen LogP contribution in [0.25, 0.3) is 0 Å². The molecule has 1 fully saturated rings. The van der Waals surface area contributed by atoms with Crippen LogP contribution >= 0.6 is 0 Å². The van der Waals surface area contributed by atoms with Crippen molar-refractivity contribution in [2.45, 2.75) is 88.0 Å². The van der Waals surface area contributed by atoms with Gasteiger partial charge < -0.3 is 37.8 Å². The van der Waals surface area contributed by atoms with Crippen LogP contribution in [0.1, 0.15) is 55.2 Å². The summed E-state index contributed by atoms with van der Waals surface area (Å²) >= 11 is 0. The largest absolute Gasteiger partial charge is 0.508 e. The summed E-state index contributed by atoms with van der Waals surface area (Å²) in [6.07, 6.45) is 3.57. The lowest BCUT2D eigenvalue weighted by atomic mass is 9.99. The number of aromatic hydroxyl groups is 1. The number of hydrogen-bond acceptors (Lipinski definition) is 7. The zero-order valence-corrected chi connectivity index (χ0v) is 27.5. The number of hydrogen-bond donors (Lipinski definition) is 7.